The molecule has 26 heavy (non-hydrogen) atoms. The molecule has 1 aromatic carbocycles. The van der Waals surface area contributed by atoms with Gasteiger partial charge in [0, 0.05) is 35.8 Å². The Labute approximate surface area is 156 Å². The molecule has 1 aliphatic heterocycles. The van der Waals surface area contributed by atoms with Crippen molar-refractivity contribution in [2.24, 2.45) is 0 Å². The summed E-state index contributed by atoms with van der Waals surface area (Å²) in [5.41, 5.74) is 3.88. The average Bonchev–Trinajstić information content (AvgIpc) is 3.29. The lowest BCUT2D eigenvalue weighted by Gasteiger charge is -2.15. The number of aryl methyl sites for hydroxylation is 2. The van der Waals surface area contributed by atoms with Crippen LogP contribution >= 0.6 is 11.8 Å². The monoisotopic (exact) mass is 367 g/mol. The van der Waals surface area contributed by atoms with Crippen LogP contribution < -0.4 is 0 Å². The molecule has 1 aliphatic rings. The molecule has 4 rings (SSSR count). The van der Waals surface area contributed by atoms with Gasteiger partial charge in [0.15, 0.2) is 0 Å². The maximum atomic E-state index is 12.4. The average molecular weight is 367 g/mol. The number of amides is 1. The lowest BCUT2D eigenvalue weighted by Crippen LogP contribution is -2.27. The Morgan fingerprint density at radius 3 is 2.58 bits per heavy atom. The van der Waals surface area contributed by atoms with E-state index < -0.39 is 0 Å². The number of thioether (sulfide) groups is 1. The number of carbonyl (C=O) groups is 1. The van der Waals surface area contributed by atoms with Crippen LogP contribution in [-0.4, -0.2) is 43.5 Å². The molecule has 0 radical (unpaired) electrons. The van der Waals surface area contributed by atoms with Gasteiger partial charge in [0.25, 0.3) is 11.7 Å². The van der Waals surface area contributed by atoms with E-state index in [4.69, 9.17) is 0 Å². The lowest BCUT2D eigenvalue weighted by molar-refractivity contribution is 0.0793. The highest BCUT2D eigenvalue weighted by atomic mass is 32.2. The molecule has 3 heterocycles. The van der Waals surface area contributed by atoms with Crippen LogP contribution in [0.3, 0.4) is 0 Å². The summed E-state index contributed by atoms with van der Waals surface area (Å²) in [5, 5.41) is 5.22. The van der Waals surface area contributed by atoms with Gasteiger partial charge in [0.05, 0.1) is 0 Å². The summed E-state index contributed by atoms with van der Waals surface area (Å²) < 4.78 is 1.77. The van der Waals surface area contributed by atoms with Crippen LogP contribution in [0.2, 0.25) is 0 Å². The summed E-state index contributed by atoms with van der Waals surface area (Å²) in [7, 11) is 0. The molecule has 3 aromatic rings. The number of fused-ring (bicyclic) bond motifs is 1. The Kier molecular flexibility index (Phi) is 4.63. The molecule has 0 aliphatic carbocycles. The van der Waals surface area contributed by atoms with Crippen molar-refractivity contribution in [3.63, 3.8) is 0 Å². The van der Waals surface area contributed by atoms with Gasteiger partial charge in [-0.1, -0.05) is 23.9 Å². The third kappa shape index (κ3) is 3.44. The minimum Gasteiger partial charge on any atom is -0.339 e. The van der Waals surface area contributed by atoms with E-state index in [1.54, 1.807) is 16.3 Å². The van der Waals surface area contributed by atoms with Crippen molar-refractivity contribution >= 4 is 23.4 Å². The third-order valence-electron chi connectivity index (χ3n) is 4.56. The van der Waals surface area contributed by atoms with Gasteiger partial charge in [-0.3, -0.25) is 4.79 Å². The summed E-state index contributed by atoms with van der Waals surface area (Å²) in [4.78, 5) is 23.2. The molecule has 6 nitrogen and oxygen atoms in total. The fourth-order valence-electron chi connectivity index (χ4n) is 3.20. The number of benzene rings is 1. The van der Waals surface area contributed by atoms with Gasteiger partial charge in [0.1, 0.15) is 0 Å². The maximum Gasteiger partial charge on any atom is 0.253 e. The molecule has 0 spiro atoms. The minimum atomic E-state index is 0.139. The van der Waals surface area contributed by atoms with Gasteiger partial charge in [-0.2, -0.15) is 4.98 Å². The minimum absolute atomic E-state index is 0.139. The van der Waals surface area contributed by atoms with Gasteiger partial charge in [-0.15, -0.1) is 5.10 Å². The van der Waals surface area contributed by atoms with Crippen molar-refractivity contribution in [2.45, 2.75) is 37.6 Å². The van der Waals surface area contributed by atoms with Crippen molar-refractivity contribution in [1.29, 1.82) is 0 Å². The van der Waals surface area contributed by atoms with Gasteiger partial charge >= 0.3 is 0 Å². The number of aromatic nitrogens is 4. The van der Waals surface area contributed by atoms with Crippen molar-refractivity contribution in [3.05, 3.63) is 52.8 Å². The zero-order chi connectivity index (χ0) is 18.1. The first kappa shape index (κ1) is 17.0. The molecule has 1 amide bonds. The summed E-state index contributed by atoms with van der Waals surface area (Å²) in [6, 6.07) is 9.86. The number of nitrogens with zero attached hydrogens (tertiary/aromatic N) is 5. The maximum absolute atomic E-state index is 12.4. The summed E-state index contributed by atoms with van der Waals surface area (Å²) in [6.45, 7) is 5.71. The van der Waals surface area contributed by atoms with Crippen LogP contribution in [0.1, 0.15) is 40.2 Å². The topological polar surface area (TPSA) is 63.4 Å². The molecule has 2 aromatic heterocycles. The Balaban J connectivity index is 1.43. The SMILES string of the molecule is Cc1cc(C)n2nc(SCc3ccc(C(=O)N4CCCC4)cc3)nc2n1. The number of hydrogen-bond donors (Lipinski definition) is 0. The first-order chi connectivity index (χ1) is 12.6. The Bertz CT molecular complexity index is 944. The van der Waals surface area contributed by atoms with E-state index in [0.29, 0.717) is 10.9 Å². The summed E-state index contributed by atoms with van der Waals surface area (Å²) >= 11 is 1.57. The first-order valence-corrected chi connectivity index (χ1v) is 9.81. The molecule has 0 unspecified atom stereocenters. The second-order valence-corrected chi connectivity index (χ2v) is 7.57. The van der Waals surface area contributed by atoms with E-state index >= 15 is 0 Å². The van der Waals surface area contributed by atoms with Crippen LogP contribution in [0.5, 0.6) is 0 Å². The van der Waals surface area contributed by atoms with Crippen LogP contribution in [0.15, 0.2) is 35.5 Å². The molecule has 1 saturated heterocycles. The Hall–Kier alpha value is -2.41. The Morgan fingerprint density at radius 1 is 1.12 bits per heavy atom. The quantitative estimate of drug-likeness (QED) is 0.662. The molecule has 7 heteroatoms. The van der Waals surface area contributed by atoms with Crippen LogP contribution in [-0.2, 0) is 5.75 Å². The third-order valence-corrected chi connectivity index (χ3v) is 5.47. The zero-order valence-electron chi connectivity index (χ0n) is 15.0. The lowest BCUT2D eigenvalue weighted by atomic mass is 10.1. The van der Waals surface area contributed by atoms with E-state index in [9.17, 15) is 4.79 Å². The van der Waals surface area contributed by atoms with Crippen LogP contribution in [0.4, 0.5) is 0 Å². The highest BCUT2D eigenvalue weighted by Gasteiger charge is 2.19. The van der Waals surface area contributed by atoms with Crippen molar-refractivity contribution in [3.8, 4) is 0 Å². The molecular weight excluding hydrogens is 346 g/mol. The van der Waals surface area contributed by atoms with E-state index in [1.807, 2.05) is 49.1 Å². The van der Waals surface area contributed by atoms with Crippen molar-refractivity contribution in [1.82, 2.24) is 24.5 Å². The highest BCUT2D eigenvalue weighted by molar-refractivity contribution is 7.98. The predicted octanol–water partition coefficient (Wildman–Crippen LogP) is 3.27. The number of rotatable bonds is 4. The standard InChI is InChI=1S/C19H21N5OS/c1-13-11-14(2)24-18(20-13)21-19(22-24)26-12-15-5-7-16(8-6-15)17(25)23-9-3-4-10-23/h5-8,11H,3-4,9-10,12H2,1-2H3. The highest BCUT2D eigenvalue weighted by Crippen LogP contribution is 2.21. The number of likely N-dealkylation sites (tertiary alicyclic amines) is 1. The second kappa shape index (κ2) is 7.07. The smallest absolute Gasteiger partial charge is 0.253 e. The Morgan fingerprint density at radius 2 is 1.85 bits per heavy atom. The van der Waals surface area contributed by atoms with Crippen molar-refractivity contribution in [2.75, 3.05) is 13.1 Å². The molecule has 134 valence electrons. The van der Waals surface area contributed by atoms with Gasteiger partial charge in [0.2, 0.25) is 5.16 Å². The van der Waals surface area contributed by atoms with Gasteiger partial charge in [-0.05, 0) is 50.5 Å². The number of carbonyl (C=O) groups excluding carboxylic acids is 1. The largest absolute Gasteiger partial charge is 0.339 e. The van der Waals surface area contributed by atoms with Crippen LogP contribution in [0, 0.1) is 13.8 Å². The molecule has 0 atom stereocenters. The van der Waals surface area contributed by atoms with Crippen LogP contribution in [0.25, 0.3) is 5.78 Å². The number of hydrogen-bond acceptors (Lipinski definition) is 5. The van der Waals surface area contributed by atoms with Crippen molar-refractivity contribution < 1.29 is 4.79 Å². The molecule has 1 fully saturated rings. The fraction of sp³-hybridized carbons (Fsp3) is 0.368. The summed E-state index contributed by atoms with van der Waals surface area (Å²) in [6.07, 6.45) is 2.22. The van der Waals surface area contributed by atoms with E-state index in [0.717, 1.165) is 54.2 Å². The van der Waals surface area contributed by atoms with Gasteiger partial charge < -0.3 is 4.90 Å². The van der Waals surface area contributed by atoms with Gasteiger partial charge in [-0.25, -0.2) is 9.50 Å². The molecule has 0 bridgehead atoms. The van der Waals surface area contributed by atoms with E-state index in [2.05, 4.69) is 15.1 Å². The molecule has 0 N–H and O–H groups in total. The normalized spacial score (nSPS) is 14.3. The second-order valence-electron chi connectivity index (χ2n) is 6.63. The molecular formula is C19H21N5OS. The fourth-order valence-corrected chi connectivity index (χ4v) is 3.98. The van der Waals surface area contributed by atoms with E-state index in [1.165, 1.54) is 0 Å². The predicted molar refractivity (Wildman–Crippen MR) is 101 cm³/mol. The molecule has 0 saturated carbocycles. The van der Waals surface area contributed by atoms with E-state index in [-0.39, 0.29) is 5.91 Å². The zero-order valence-corrected chi connectivity index (χ0v) is 15.8. The summed E-state index contributed by atoms with van der Waals surface area (Å²) in [5.74, 6) is 1.53. The first-order valence-electron chi connectivity index (χ1n) is 8.82.